The van der Waals surface area contributed by atoms with Crippen molar-refractivity contribution in [2.24, 2.45) is 5.73 Å². The Hall–Kier alpha value is -0.850. The summed E-state index contributed by atoms with van der Waals surface area (Å²) < 4.78 is 13.5. The Morgan fingerprint density at radius 2 is 2.18 bits per heavy atom. The van der Waals surface area contributed by atoms with Gasteiger partial charge in [0.15, 0.2) is 0 Å². The third-order valence-electron chi connectivity index (χ3n) is 2.23. The number of nitrogens with zero attached hydrogens (tertiary/aromatic N) is 2. The third kappa shape index (κ3) is 3.08. The minimum Gasteiger partial charge on any atom is -0.330 e. The van der Waals surface area contributed by atoms with Gasteiger partial charge in [0, 0.05) is 12.0 Å². The normalized spacial score (nSPS) is 10.8. The molecule has 3 nitrogen and oxygen atoms in total. The van der Waals surface area contributed by atoms with Gasteiger partial charge in [-0.25, -0.2) is 4.39 Å². The van der Waals surface area contributed by atoms with Gasteiger partial charge in [0.1, 0.15) is 15.8 Å². The molecule has 0 saturated carbocycles. The molecule has 0 fully saturated rings. The number of hydrogen-bond acceptors (Lipinski definition) is 4. The van der Waals surface area contributed by atoms with Crippen LogP contribution in [-0.4, -0.2) is 16.7 Å². The molecule has 2 N–H and O–H groups in total. The molecule has 0 aliphatic heterocycles. The molecule has 6 heteroatoms. The van der Waals surface area contributed by atoms with Crippen LogP contribution in [0.25, 0.3) is 10.6 Å². The van der Waals surface area contributed by atoms with Gasteiger partial charge in [-0.05, 0) is 47.1 Å². The van der Waals surface area contributed by atoms with Gasteiger partial charge in [-0.3, -0.25) is 0 Å². The van der Waals surface area contributed by atoms with E-state index in [9.17, 15) is 4.39 Å². The van der Waals surface area contributed by atoms with Gasteiger partial charge < -0.3 is 5.73 Å². The standard InChI is InChI=1S/C11H11BrFN3S/c12-8-6-7(3-4-9(8)13)11-16-15-10(17-11)2-1-5-14/h3-4,6H,1-2,5,14H2. The van der Waals surface area contributed by atoms with E-state index in [2.05, 4.69) is 26.1 Å². The van der Waals surface area contributed by atoms with Gasteiger partial charge >= 0.3 is 0 Å². The molecule has 2 aromatic rings. The molecule has 0 bridgehead atoms. The van der Waals surface area contributed by atoms with Crippen molar-refractivity contribution in [1.29, 1.82) is 0 Å². The summed E-state index contributed by atoms with van der Waals surface area (Å²) in [5, 5.41) is 9.95. The maximum absolute atomic E-state index is 13.1. The Kier molecular flexibility index (Phi) is 4.20. The predicted octanol–water partition coefficient (Wildman–Crippen LogP) is 3.00. The summed E-state index contributed by atoms with van der Waals surface area (Å²) in [6.07, 6.45) is 1.75. The summed E-state index contributed by atoms with van der Waals surface area (Å²) in [4.78, 5) is 0. The molecule has 0 aliphatic carbocycles. The highest BCUT2D eigenvalue weighted by molar-refractivity contribution is 9.10. The van der Waals surface area contributed by atoms with E-state index in [1.807, 2.05) is 0 Å². The van der Waals surface area contributed by atoms with E-state index in [-0.39, 0.29) is 5.82 Å². The van der Waals surface area contributed by atoms with Crippen LogP contribution >= 0.6 is 27.3 Å². The molecule has 0 unspecified atom stereocenters. The molecule has 90 valence electrons. The van der Waals surface area contributed by atoms with Crippen LogP contribution in [0.5, 0.6) is 0 Å². The quantitative estimate of drug-likeness (QED) is 0.943. The molecule has 0 saturated heterocycles. The predicted molar refractivity (Wildman–Crippen MR) is 70.4 cm³/mol. The van der Waals surface area contributed by atoms with Crippen LogP contribution in [0.1, 0.15) is 11.4 Å². The highest BCUT2D eigenvalue weighted by Crippen LogP contribution is 2.27. The molecule has 0 spiro atoms. The third-order valence-corrected chi connectivity index (χ3v) is 3.87. The van der Waals surface area contributed by atoms with Crippen LogP contribution in [0.2, 0.25) is 0 Å². The van der Waals surface area contributed by atoms with Gasteiger partial charge in [-0.1, -0.05) is 11.3 Å². The number of aryl methyl sites for hydroxylation is 1. The van der Waals surface area contributed by atoms with Crippen molar-refractivity contribution < 1.29 is 4.39 Å². The first-order valence-electron chi connectivity index (χ1n) is 5.18. The zero-order valence-corrected chi connectivity index (χ0v) is 11.4. The van der Waals surface area contributed by atoms with Crippen LogP contribution in [0.15, 0.2) is 22.7 Å². The SMILES string of the molecule is NCCCc1nnc(-c2ccc(F)c(Br)c2)s1. The first-order valence-corrected chi connectivity index (χ1v) is 6.79. The molecular formula is C11H11BrFN3S. The highest BCUT2D eigenvalue weighted by atomic mass is 79.9. The van der Waals surface area contributed by atoms with Crippen molar-refractivity contribution in [2.45, 2.75) is 12.8 Å². The number of halogens is 2. The Balaban J connectivity index is 2.21. The Morgan fingerprint density at radius 3 is 2.88 bits per heavy atom. The average molecular weight is 316 g/mol. The van der Waals surface area contributed by atoms with E-state index < -0.39 is 0 Å². The van der Waals surface area contributed by atoms with Gasteiger partial charge in [-0.15, -0.1) is 10.2 Å². The zero-order valence-electron chi connectivity index (χ0n) is 8.99. The van der Waals surface area contributed by atoms with Crippen molar-refractivity contribution in [1.82, 2.24) is 10.2 Å². The van der Waals surface area contributed by atoms with Gasteiger partial charge in [-0.2, -0.15) is 0 Å². The zero-order chi connectivity index (χ0) is 12.3. The highest BCUT2D eigenvalue weighted by Gasteiger charge is 2.08. The molecular weight excluding hydrogens is 305 g/mol. The number of nitrogens with two attached hydrogens (primary N) is 1. The lowest BCUT2D eigenvalue weighted by molar-refractivity contribution is 0.621. The second-order valence-corrected chi connectivity index (χ2v) is 5.44. The van der Waals surface area contributed by atoms with Crippen molar-refractivity contribution in [2.75, 3.05) is 6.54 Å². The fourth-order valence-electron chi connectivity index (χ4n) is 1.35. The van der Waals surface area contributed by atoms with E-state index in [4.69, 9.17) is 5.73 Å². The molecule has 1 aromatic carbocycles. The minimum absolute atomic E-state index is 0.276. The summed E-state index contributed by atoms with van der Waals surface area (Å²) in [7, 11) is 0. The summed E-state index contributed by atoms with van der Waals surface area (Å²) in [5.41, 5.74) is 6.31. The molecule has 0 amide bonds. The molecule has 0 radical (unpaired) electrons. The second kappa shape index (κ2) is 5.66. The number of rotatable bonds is 4. The Morgan fingerprint density at radius 1 is 1.35 bits per heavy atom. The fraction of sp³-hybridized carbons (Fsp3) is 0.273. The van der Waals surface area contributed by atoms with E-state index in [0.29, 0.717) is 11.0 Å². The van der Waals surface area contributed by atoms with Crippen molar-refractivity contribution in [3.8, 4) is 10.6 Å². The molecule has 0 aliphatic rings. The lowest BCUT2D eigenvalue weighted by atomic mass is 10.2. The van der Waals surface area contributed by atoms with Crippen LogP contribution in [0, 0.1) is 5.82 Å². The maximum atomic E-state index is 13.1. The smallest absolute Gasteiger partial charge is 0.147 e. The van der Waals surface area contributed by atoms with E-state index in [0.717, 1.165) is 28.4 Å². The Bertz CT molecular complexity index is 515. The lowest BCUT2D eigenvalue weighted by Crippen LogP contribution is -1.99. The van der Waals surface area contributed by atoms with Gasteiger partial charge in [0.2, 0.25) is 0 Å². The number of benzene rings is 1. The average Bonchev–Trinajstić information content (AvgIpc) is 2.79. The molecule has 17 heavy (non-hydrogen) atoms. The van der Waals surface area contributed by atoms with Crippen LogP contribution in [0.3, 0.4) is 0 Å². The lowest BCUT2D eigenvalue weighted by Gasteiger charge is -1.97. The topological polar surface area (TPSA) is 51.8 Å². The minimum atomic E-state index is -0.276. The second-order valence-electron chi connectivity index (χ2n) is 3.52. The van der Waals surface area contributed by atoms with Crippen LogP contribution in [-0.2, 0) is 6.42 Å². The molecule has 2 rings (SSSR count). The largest absolute Gasteiger partial charge is 0.330 e. The van der Waals surface area contributed by atoms with Gasteiger partial charge in [0.05, 0.1) is 4.47 Å². The summed E-state index contributed by atoms with van der Waals surface area (Å²) in [6, 6.07) is 4.83. The molecule has 1 heterocycles. The van der Waals surface area contributed by atoms with E-state index in [1.165, 1.54) is 17.4 Å². The number of aromatic nitrogens is 2. The van der Waals surface area contributed by atoms with Crippen molar-refractivity contribution in [3.63, 3.8) is 0 Å². The molecule has 0 atom stereocenters. The maximum Gasteiger partial charge on any atom is 0.147 e. The van der Waals surface area contributed by atoms with Gasteiger partial charge in [0.25, 0.3) is 0 Å². The van der Waals surface area contributed by atoms with E-state index >= 15 is 0 Å². The molecule has 1 aromatic heterocycles. The summed E-state index contributed by atoms with van der Waals surface area (Å²) in [5.74, 6) is -0.276. The first kappa shape index (κ1) is 12.6. The van der Waals surface area contributed by atoms with Crippen LogP contribution < -0.4 is 5.73 Å². The number of hydrogen-bond donors (Lipinski definition) is 1. The fourth-order valence-corrected chi connectivity index (χ4v) is 2.61. The van der Waals surface area contributed by atoms with Crippen molar-refractivity contribution >= 4 is 27.3 Å². The van der Waals surface area contributed by atoms with Crippen LogP contribution in [0.4, 0.5) is 4.39 Å². The van der Waals surface area contributed by atoms with E-state index in [1.54, 1.807) is 12.1 Å². The Labute approximate surface area is 111 Å². The monoisotopic (exact) mass is 315 g/mol. The first-order chi connectivity index (χ1) is 8.20. The summed E-state index contributed by atoms with van der Waals surface area (Å²) in [6.45, 7) is 0.650. The summed E-state index contributed by atoms with van der Waals surface area (Å²) >= 11 is 4.68. The van der Waals surface area contributed by atoms with Crippen molar-refractivity contribution in [3.05, 3.63) is 33.5 Å².